The molecule has 2 N–H and O–H groups in total. The fourth-order valence-corrected chi connectivity index (χ4v) is 3.98. The van der Waals surface area contributed by atoms with Gasteiger partial charge in [-0.15, -0.1) is 0 Å². The Bertz CT molecular complexity index is 529. The molecule has 0 radical (unpaired) electrons. The molecule has 0 amide bonds. The zero-order chi connectivity index (χ0) is 14.6. The van der Waals surface area contributed by atoms with Crippen LogP contribution in [0.4, 0.5) is 5.69 Å². The number of benzene rings is 1. The molecule has 1 rings (SSSR count). The van der Waals surface area contributed by atoms with Crippen LogP contribution in [0.3, 0.4) is 0 Å². The number of nitrogens with zero attached hydrogens (tertiary/aromatic N) is 1. The molecule has 0 bridgehead atoms. The summed E-state index contributed by atoms with van der Waals surface area (Å²) in [6, 6.07) is 4.95. The second-order valence-electron chi connectivity index (χ2n) is 4.68. The zero-order valence-electron chi connectivity index (χ0n) is 11.9. The van der Waals surface area contributed by atoms with Crippen molar-refractivity contribution in [3.63, 3.8) is 0 Å². The van der Waals surface area contributed by atoms with E-state index in [2.05, 4.69) is 0 Å². The second kappa shape index (κ2) is 6.63. The highest BCUT2D eigenvalue weighted by Gasteiger charge is 2.26. The number of hydrogen-bond acceptors (Lipinski definition) is 4. The minimum Gasteiger partial charge on any atom is -0.399 e. The Balaban J connectivity index is 3.06. The normalized spacial score (nSPS) is 13.7. The smallest absolute Gasteiger partial charge is 0.243 e. The van der Waals surface area contributed by atoms with Gasteiger partial charge in [-0.3, -0.25) is 0 Å². The Labute approximate surface area is 120 Å². The van der Waals surface area contributed by atoms with Crippen LogP contribution in [-0.2, 0) is 10.0 Å². The highest BCUT2D eigenvalue weighted by molar-refractivity contribution is 7.98. The summed E-state index contributed by atoms with van der Waals surface area (Å²) in [5, 5.41) is 0. The van der Waals surface area contributed by atoms with Crippen LogP contribution in [0.15, 0.2) is 23.1 Å². The van der Waals surface area contributed by atoms with Gasteiger partial charge < -0.3 is 5.73 Å². The molecule has 1 aromatic rings. The molecule has 6 heteroatoms. The fraction of sp³-hybridized carbons (Fsp3) is 0.538. The number of sulfonamides is 1. The van der Waals surface area contributed by atoms with Crippen molar-refractivity contribution in [2.75, 3.05) is 24.8 Å². The summed E-state index contributed by atoms with van der Waals surface area (Å²) in [6.07, 6.45) is 2.85. The standard InChI is InChI=1S/C13H22N2O2S2/c1-10-5-6-12(14)9-13(10)19(16,17)15(3)11(2)7-8-18-4/h5-6,9,11H,7-8,14H2,1-4H3. The molecule has 0 aromatic heterocycles. The van der Waals surface area contributed by atoms with Crippen molar-refractivity contribution in [1.29, 1.82) is 0 Å². The van der Waals surface area contributed by atoms with Gasteiger partial charge in [0.15, 0.2) is 0 Å². The monoisotopic (exact) mass is 302 g/mol. The summed E-state index contributed by atoms with van der Waals surface area (Å²) in [4.78, 5) is 0.297. The van der Waals surface area contributed by atoms with Gasteiger partial charge in [0, 0.05) is 18.8 Å². The van der Waals surface area contributed by atoms with Gasteiger partial charge in [0.05, 0.1) is 4.90 Å². The molecule has 19 heavy (non-hydrogen) atoms. The third-order valence-corrected chi connectivity index (χ3v) is 5.99. The number of thioether (sulfide) groups is 1. The van der Waals surface area contributed by atoms with Crippen molar-refractivity contribution in [2.24, 2.45) is 0 Å². The molecule has 0 spiro atoms. The largest absolute Gasteiger partial charge is 0.399 e. The Hall–Kier alpha value is -0.720. The van der Waals surface area contributed by atoms with Crippen LogP contribution < -0.4 is 5.73 Å². The average Bonchev–Trinajstić information content (AvgIpc) is 2.37. The van der Waals surface area contributed by atoms with Crippen molar-refractivity contribution in [1.82, 2.24) is 4.31 Å². The third-order valence-electron chi connectivity index (χ3n) is 3.23. The lowest BCUT2D eigenvalue weighted by molar-refractivity contribution is 0.382. The van der Waals surface area contributed by atoms with E-state index >= 15 is 0 Å². The van der Waals surface area contributed by atoms with E-state index in [1.165, 1.54) is 10.4 Å². The lowest BCUT2D eigenvalue weighted by Crippen LogP contribution is -2.35. The molecule has 0 aliphatic rings. The average molecular weight is 302 g/mol. The van der Waals surface area contributed by atoms with Gasteiger partial charge in [0.1, 0.15) is 0 Å². The SMILES string of the molecule is CSCCC(C)N(C)S(=O)(=O)c1cc(N)ccc1C. The molecule has 0 fully saturated rings. The van der Waals surface area contributed by atoms with Crippen LogP contribution in [0.25, 0.3) is 0 Å². The van der Waals surface area contributed by atoms with Crippen molar-refractivity contribution < 1.29 is 8.42 Å². The van der Waals surface area contributed by atoms with Crippen LogP contribution >= 0.6 is 11.8 Å². The molecule has 4 nitrogen and oxygen atoms in total. The molecule has 1 aromatic carbocycles. The maximum Gasteiger partial charge on any atom is 0.243 e. The van der Waals surface area contributed by atoms with Gasteiger partial charge in [-0.1, -0.05) is 6.07 Å². The predicted octanol–water partition coefficient (Wildman–Crippen LogP) is 2.34. The van der Waals surface area contributed by atoms with E-state index in [1.54, 1.807) is 37.9 Å². The van der Waals surface area contributed by atoms with Crippen molar-refractivity contribution in [3.05, 3.63) is 23.8 Å². The first-order valence-corrected chi connectivity index (χ1v) is 8.97. The van der Waals surface area contributed by atoms with Crippen LogP contribution in [0.2, 0.25) is 0 Å². The molecule has 0 aliphatic carbocycles. The number of rotatable bonds is 6. The molecular formula is C13H22N2O2S2. The van der Waals surface area contributed by atoms with Gasteiger partial charge in [-0.2, -0.15) is 16.1 Å². The van der Waals surface area contributed by atoms with E-state index in [1.807, 2.05) is 13.2 Å². The Morgan fingerprint density at radius 2 is 2.05 bits per heavy atom. The maximum atomic E-state index is 12.6. The molecular weight excluding hydrogens is 280 g/mol. The van der Waals surface area contributed by atoms with E-state index < -0.39 is 10.0 Å². The lowest BCUT2D eigenvalue weighted by Gasteiger charge is -2.25. The molecule has 1 atom stereocenters. The number of aryl methyl sites for hydroxylation is 1. The van der Waals surface area contributed by atoms with E-state index in [0.29, 0.717) is 10.6 Å². The lowest BCUT2D eigenvalue weighted by atomic mass is 10.2. The Morgan fingerprint density at radius 3 is 2.63 bits per heavy atom. The first-order valence-electron chi connectivity index (χ1n) is 6.13. The molecule has 1 unspecified atom stereocenters. The molecule has 0 aliphatic heterocycles. The van der Waals surface area contributed by atoms with Crippen LogP contribution in [-0.4, -0.2) is 37.8 Å². The van der Waals surface area contributed by atoms with Gasteiger partial charge in [0.25, 0.3) is 0 Å². The highest BCUT2D eigenvalue weighted by Crippen LogP contribution is 2.23. The van der Waals surface area contributed by atoms with E-state index in [4.69, 9.17) is 5.73 Å². The third kappa shape index (κ3) is 3.87. The first kappa shape index (κ1) is 16.3. The number of nitrogen functional groups attached to an aromatic ring is 1. The van der Waals surface area contributed by atoms with Gasteiger partial charge in [-0.25, -0.2) is 8.42 Å². The van der Waals surface area contributed by atoms with E-state index in [9.17, 15) is 8.42 Å². The van der Waals surface area contributed by atoms with E-state index in [-0.39, 0.29) is 6.04 Å². The number of nitrogens with two attached hydrogens (primary N) is 1. The van der Waals surface area contributed by atoms with E-state index in [0.717, 1.165) is 17.7 Å². The van der Waals surface area contributed by atoms with Gasteiger partial charge in [-0.05, 0) is 50.0 Å². The summed E-state index contributed by atoms with van der Waals surface area (Å²) in [5.41, 5.74) is 6.88. The molecule has 0 saturated carbocycles. The highest BCUT2D eigenvalue weighted by atomic mass is 32.2. The summed E-state index contributed by atoms with van der Waals surface area (Å²) in [7, 11) is -1.85. The maximum absolute atomic E-state index is 12.6. The summed E-state index contributed by atoms with van der Waals surface area (Å²) in [5.74, 6) is 0.941. The Kier molecular flexibility index (Phi) is 5.70. The Morgan fingerprint density at radius 1 is 1.42 bits per heavy atom. The second-order valence-corrected chi connectivity index (χ2v) is 7.63. The molecule has 108 valence electrons. The van der Waals surface area contributed by atoms with Gasteiger partial charge in [0.2, 0.25) is 10.0 Å². The predicted molar refractivity (Wildman–Crippen MR) is 83.0 cm³/mol. The fourth-order valence-electron chi connectivity index (χ4n) is 1.76. The van der Waals surface area contributed by atoms with Crippen molar-refractivity contribution in [2.45, 2.75) is 31.2 Å². The number of hydrogen-bond donors (Lipinski definition) is 1. The topological polar surface area (TPSA) is 63.4 Å². The van der Waals surface area contributed by atoms with Gasteiger partial charge >= 0.3 is 0 Å². The van der Waals surface area contributed by atoms with Crippen LogP contribution in [0, 0.1) is 6.92 Å². The summed E-state index contributed by atoms with van der Waals surface area (Å²) in [6.45, 7) is 3.71. The quantitative estimate of drug-likeness (QED) is 0.819. The summed E-state index contributed by atoms with van der Waals surface area (Å²) >= 11 is 1.72. The van der Waals surface area contributed by atoms with Crippen molar-refractivity contribution in [3.8, 4) is 0 Å². The first-order chi connectivity index (χ1) is 8.80. The summed E-state index contributed by atoms with van der Waals surface area (Å²) < 4.78 is 26.6. The minimum absolute atomic E-state index is 0.0294. The molecule has 0 heterocycles. The van der Waals surface area contributed by atoms with Crippen molar-refractivity contribution >= 4 is 27.5 Å². The zero-order valence-corrected chi connectivity index (χ0v) is 13.5. The van der Waals surface area contributed by atoms with Crippen LogP contribution in [0.1, 0.15) is 18.9 Å². The minimum atomic E-state index is -3.48. The van der Waals surface area contributed by atoms with Crippen LogP contribution in [0.5, 0.6) is 0 Å². The number of anilines is 1. The molecule has 0 saturated heterocycles.